The first-order valence-corrected chi connectivity index (χ1v) is 10.3. The summed E-state index contributed by atoms with van der Waals surface area (Å²) in [7, 11) is 0. The summed E-state index contributed by atoms with van der Waals surface area (Å²) in [4.78, 5) is 25.7. The number of nitrogens with zero attached hydrogens (tertiary/aromatic N) is 4. The highest BCUT2D eigenvalue weighted by Gasteiger charge is 2.25. The molecule has 1 aliphatic heterocycles. The third-order valence-corrected chi connectivity index (χ3v) is 5.37. The Hall–Kier alpha value is -2.83. The lowest BCUT2D eigenvalue weighted by Gasteiger charge is -2.35. The Labute approximate surface area is 185 Å². The molecule has 3 aromatic rings. The number of piperazine rings is 1. The summed E-state index contributed by atoms with van der Waals surface area (Å²) in [5.74, 6) is 2.53. The molecule has 1 aliphatic rings. The second kappa shape index (κ2) is 8.90. The van der Waals surface area contributed by atoms with E-state index < -0.39 is 0 Å². The lowest BCUT2D eigenvalue weighted by atomic mass is 10.1. The Morgan fingerprint density at radius 1 is 0.967 bits per heavy atom. The molecule has 1 amide bonds. The largest absolute Gasteiger partial charge is 0.439 e. The number of rotatable bonds is 4. The molecule has 1 aromatic heterocycles. The van der Waals surface area contributed by atoms with Gasteiger partial charge in [0.25, 0.3) is 5.91 Å². The molecule has 2 heterocycles. The van der Waals surface area contributed by atoms with Gasteiger partial charge < -0.3 is 14.5 Å². The van der Waals surface area contributed by atoms with Crippen LogP contribution in [0, 0.1) is 6.92 Å². The monoisotopic (exact) mass is 442 g/mol. The van der Waals surface area contributed by atoms with E-state index >= 15 is 0 Å². The fourth-order valence-corrected chi connectivity index (χ4v) is 3.81. The zero-order chi connectivity index (χ0) is 21.1. The van der Waals surface area contributed by atoms with Crippen LogP contribution in [-0.4, -0.2) is 47.0 Å². The topological polar surface area (TPSA) is 58.6 Å². The van der Waals surface area contributed by atoms with Gasteiger partial charge in [-0.3, -0.25) is 4.79 Å². The Kier molecular flexibility index (Phi) is 6.06. The van der Waals surface area contributed by atoms with Crippen LogP contribution in [0.4, 0.5) is 5.82 Å². The number of amides is 1. The van der Waals surface area contributed by atoms with Gasteiger partial charge in [-0.15, -0.1) is 0 Å². The fourth-order valence-electron chi connectivity index (χ4n) is 3.32. The average molecular weight is 443 g/mol. The van der Waals surface area contributed by atoms with Crippen LogP contribution < -0.4 is 9.64 Å². The van der Waals surface area contributed by atoms with Crippen molar-refractivity contribution in [2.24, 2.45) is 0 Å². The van der Waals surface area contributed by atoms with Gasteiger partial charge in [0.05, 0.1) is 10.6 Å². The van der Waals surface area contributed by atoms with Gasteiger partial charge in [0, 0.05) is 37.3 Å². The molecule has 2 aromatic carbocycles. The lowest BCUT2D eigenvalue weighted by Crippen LogP contribution is -2.49. The first-order valence-electron chi connectivity index (χ1n) is 9.57. The Morgan fingerprint density at radius 3 is 2.40 bits per heavy atom. The van der Waals surface area contributed by atoms with E-state index in [9.17, 15) is 4.79 Å². The number of carbonyl (C=O) groups is 1. The molecule has 6 nitrogen and oxygen atoms in total. The molecule has 0 N–H and O–H groups in total. The molecule has 0 aliphatic carbocycles. The van der Waals surface area contributed by atoms with Gasteiger partial charge in [-0.1, -0.05) is 41.4 Å². The predicted molar refractivity (Wildman–Crippen MR) is 118 cm³/mol. The average Bonchev–Trinajstić information content (AvgIpc) is 2.74. The van der Waals surface area contributed by atoms with Crippen molar-refractivity contribution >= 4 is 34.9 Å². The van der Waals surface area contributed by atoms with Gasteiger partial charge in [0.1, 0.15) is 17.4 Å². The number of benzene rings is 2. The second-order valence-corrected chi connectivity index (χ2v) is 7.77. The standard InChI is InChI=1S/C22H20Cl2N4O2/c1-15-25-20(14-21(26-15)30-17-5-3-2-4-6-17)27-9-11-28(12-10-27)22(29)18-8-7-16(23)13-19(18)24/h2-8,13-14H,9-12H2,1H3. The molecule has 8 heteroatoms. The van der Waals surface area contributed by atoms with E-state index in [2.05, 4.69) is 14.9 Å². The van der Waals surface area contributed by atoms with E-state index in [0.717, 1.165) is 11.6 Å². The van der Waals surface area contributed by atoms with Gasteiger partial charge in [-0.05, 0) is 37.3 Å². The third kappa shape index (κ3) is 4.66. The number of hydrogen-bond acceptors (Lipinski definition) is 5. The van der Waals surface area contributed by atoms with E-state index in [1.54, 1.807) is 23.1 Å². The van der Waals surface area contributed by atoms with E-state index in [0.29, 0.717) is 53.5 Å². The fraction of sp³-hybridized carbons (Fsp3) is 0.227. The zero-order valence-corrected chi connectivity index (χ0v) is 17.9. The normalized spacial score (nSPS) is 14.0. The van der Waals surface area contributed by atoms with Crippen molar-refractivity contribution < 1.29 is 9.53 Å². The summed E-state index contributed by atoms with van der Waals surface area (Å²) < 4.78 is 5.86. The van der Waals surface area contributed by atoms with Crippen LogP contribution in [0.1, 0.15) is 16.2 Å². The van der Waals surface area contributed by atoms with Gasteiger partial charge >= 0.3 is 0 Å². The van der Waals surface area contributed by atoms with Crippen molar-refractivity contribution in [3.8, 4) is 11.6 Å². The minimum Gasteiger partial charge on any atom is -0.439 e. The van der Waals surface area contributed by atoms with Crippen LogP contribution in [0.5, 0.6) is 11.6 Å². The summed E-state index contributed by atoms with van der Waals surface area (Å²) in [5, 5.41) is 0.873. The first kappa shape index (κ1) is 20.4. The Bertz CT molecular complexity index is 1050. The molecule has 1 saturated heterocycles. The predicted octanol–water partition coefficient (Wildman–Crippen LogP) is 4.85. The second-order valence-electron chi connectivity index (χ2n) is 6.93. The summed E-state index contributed by atoms with van der Waals surface area (Å²) >= 11 is 12.1. The number of hydrogen-bond donors (Lipinski definition) is 0. The summed E-state index contributed by atoms with van der Waals surface area (Å²) in [5.41, 5.74) is 0.464. The number of para-hydroxylation sites is 1. The van der Waals surface area contributed by atoms with Gasteiger partial charge in [0.15, 0.2) is 0 Å². The van der Waals surface area contributed by atoms with Crippen molar-refractivity contribution in [3.63, 3.8) is 0 Å². The summed E-state index contributed by atoms with van der Waals surface area (Å²) in [6.07, 6.45) is 0. The quantitative estimate of drug-likeness (QED) is 0.577. The highest BCUT2D eigenvalue weighted by molar-refractivity contribution is 6.36. The molecule has 0 atom stereocenters. The Balaban J connectivity index is 1.44. The smallest absolute Gasteiger partial charge is 0.255 e. The van der Waals surface area contributed by atoms with Crippen molar-refractivity contribution in [1.82, 2.24) is 14.9 Å². The van der Waals surface area contributed by atoms with Gasteiger partial charge in [-0.2, -0.15) is 4.98 Å². The molecule has 154 valence electrons. The van der Waals surface area contributed by atoms with Crippen LogP contribution in [0.2, 0.25) is 10.0 Å². The third-order valence-electron chi connectivity index (χ3n) is 4.82. The number of aryl methyl sites for hydroxylation is 1. The molecule has 0 unspecified atom stereocenters. The maximum atomic E-state index is 12.8. The molecule has 4 rings (SSSR count). The summed E-state index contributed by atoms with van der Waals surface area (Å²) in [6, 6.07) is 16.3. The molecule has 0 saturated carbocycles. The summed E-state index contributed by atoms with van der Waals surface area (Å²) in [6.45, 7) is 4.27. The van der Waals surface area contributed by atoms with Crippen LogP contribution >= 0.6 is 23.2 Å². The minimum absolute atomic E-state index is 0.0942. The number of halogens is 2. The van der Waals surface area contributed by atoms with Crippen molar-refractivity contribution in [3.05, 3.63) is 76.0 Å². The molecular weight excluding hydrogens is 423 g/mol. The first-order chi connectivity index (χ1) is 14.5. The molecular formula is C22H20Cl2N4O2. The molecule has 0 spiro atoms. The maximum absolute atomic E-state index is 12.8. The van der Waals surface area contributed by atoms with E-state index in [4.69, 9.17) is 27.9 Å². The molecule has 1 fully saturated rings. The van der Waals surface area contributed by atoms with E-state index in [1.807, 2.05) is 43.3 Å². The molecule has 30 heavy (non-hydrogen) atoms. The van der Waals surface area contributed by atoms with E-state index in [-0.39, 0.29) is 5.91 Å². The van der Waals surface area contributed by atoms with E-state index in [1.165, 1.54) is 0 Å². The van der Waals surface area contributed by atoms with Crippen LogP contribution in [-0.2, 0) is 0 Å². The SMILES string of the molecule is Cc1nc(Oc2ccccc2)cc(N2CCN(C(=O)c3ccc(Cl)cc3Cl)CC2)n1. The van der Waals surface area contributed by atoms with Crippen LogP contribution in [0.3, 0.4) is 0 Å². The van der Waals surface area contributed by atoms with Crippen molar-refractivity contribution in [2.45, 2.75) is 6.92 Å². The zero-order valence-electron chi connectivity index (χ0n) is 16.4. The lowest BCUT2D eigenvalue weighted by molar-refractivity contribution is 0.0746. The highest BCUT2D eigenvalue weighted by atomic mass is 35.5. The maximum Gasteiger partial charge on any atom is 0.255 e. The van der Waals surface area contributed by atoms with Crippen LogP contribution in [0.25, 0.3) is 0 Å². The molecule has 0 bridgehead atoms. The van der Waals surface area contributed by atoms with Crippen molar-refractivity contribution in [1.29, 1.82) is 0 Å². The van der Waals surface area contributed by atoms with Crippen LogP contribution in [0.15, 0.2) is 54.6 Å². The molecule has 0 radical (unpaired) electrons. The Morgan fingerprint density at radius 2 is 1.70 bits per heavy atom. The number of anilines is 1. The number of aromatic nitrogens is 2. The van der Waals surface area contributed by atoms with Crippen molar-refractivity contribution in [2.75, 3.05) is 31.1 Å². The number of carbonyl (C=O) groups excluding carboxylic acids is 1. The highest BCUT2D eigenvalue weighted by Crippen LogP contribution is 2.25. The number of ether oxygens (including phenoxy) is 1. The van der Waals surface area contributed by atoms with Gasteiger partial charge in [-0.25, -0.2) is 4.98 Å². The minimum atomic E-state index is -0.0942. The van der Waals surface area contributed by atoms with Gasteiger partial charge in [0.2, 0.25) is 5.88 Å².